The molecule has 0 spiro atoms. The average molecular weight is 352 g/mol. The van der Waals surface area contributed by atoms with E-state index in [1.807, 2.05) is 45.2 Å². The Morgan fingerprint density at radius 3 is 2.54 bits per heavy atom. The van der Waals surface area contributed by atoms with E-state index in [0.717, 1.165) is 40.7 Å². The van der Waals surface area contributed by atoms with E-state index >= 15 is 0 Å². The van der Waals surface area contributed by atoms with Crippen LogP contribution in [0.3, 0.4) is 0 Å². The molecule has 0 unspecified atom stereocenters. The Balaban J connectivity index is 1.58. The Hall–Kier alpha value is -2.76. The van der Waals surface area contributed by atoms with E-state index < -0.39 is 5.60 Å². The van der Waals surface area contributed by atoms with Crippen LogP contribution in [-0.2, 0) is 4.74 Å². The van der Waals surface area contributed by atoms with Crippen LogP contribution in [0.5, 0.6) is 0 Å². The zero-order valence-corrected chi connectivity index (χ0v) is 15.5. The second-order valence-corrected chi connectivity index (χ2v) is 7.67. The number of nitrogens with one attached hydrogen (secondary N) is 1. The minimum Gasteiger partial charge on any atom is -0.444 e. The van der Waals surface area contributed by atoms with Crippen LogP contribution >= 0.6 is 0 Å². The molecule has 6 heteroatoms. The summed E-state index contributed by atoms with van der Waals surface area (Å²) >= 11 is 0. The third-order valence-electron chi connectivity index (χ3n) is 4.62. The molecule has 3 aromatic rings. The second kappa shape index (κ2) is 6.20. The average Bonchev–Trinajstić information content (AvgIpc) is 3.10. The quantitative estimate of drug-likeness (QED) is 0.724. The van der Waals surface area contributed by atoms with Crippen LogP contribution in [0, 0.1) is 0 Å². The van der Waals surface area contributed by atoms with Crippen LogP contribution in [0.1, 0.15) is 20.8 Å². The van der Waals surface area contributed by atoms with E-state index in [4.69, 9.17) is 9.72 Å². The summed E-state index contributed by atoms with van der Waals surface area (Å²) in [6.45, 7) is 8.43. The monoisotopic (exact) mass is 352 g/mol. The maximum Gasteiger partial charge on any atom is 0.410 e. The van der Waals surface area contributed by atoms with Crippen LogP contribution in [0.25, 0.3) is 21.8 Å². The van der Waals surface area contributed by atoms with E-state index in [9.17, 15) is 4.79 Å². The van der Waals surface area contributed by atoms with Crippen molar-refractivity contribution >= 4 is 33.7 Å². The lowest BCUT2D eigenvalue weighted by atomic mass is 10.1. The van der Waals surface area contributed by atoms with E-state index in [0.29, 0.717) is 13.1 Å². The lowest BCUT2D eigenvalue weighted by Crippen LogP contribution is -2.50. The molecule has 26 heavy (non-hydrogen) atoms. The maximum absolute atomic E-state index is 12.3. The lowest BCUT2D eigenvalue weighted by molar-refractivity contribution is 0.0240. The van der Waals surface area contributed by atoms with E-state index in [2.05, 4.69) is 22.0 Å². The van der Waals surface area contributed by atoms with E-state index in [-0.39, 0.29) is 6.09 Å². The molecule has 0 radical (unpaired) electrons. The standard InChI is InChI=1S/C20H24N4O2/c1-20(2,3)26-19(25)24-12-10-23(11-13-24)18-15-8-9-21-17(15)14-6-4-5-7-16(14)22-18/h4-9,21H,10-13H2,1-3H3. The first-order chi connectivity index (χ1) is 12.4. The molecule has 1 aliphatic rings. The van der Waals surface area contributed by atoms with E-state index in [1.54, 1.807) is 4.90 Å². The topological polar surface area (TPSA) is 61.5 Å². The molecule has 1 aliphatic heterocycles. The van der Waals surface area contributed by atoms with Crippen molar-refractivity contribution in [2.75, 3.05) is 31.1 Å². The van der Waals surface area contributed by atoms with Crippen molar-refractivity contribution in [3.05, 3.63) is 36.5 Å². The number of aromatic nitrogens is 2. The minimum atomic E-state index is -0.467. The van der Waals surface area contributed by atoms with Gasteiger partial charge in [0.25, 0.3) is 0 Å². The van der Waals surface area contributed by atoms with Gasteiger partial charge in [-0.3, -0.25) is 0 Å². The molecule has 1 fully saturated rings. The Labute approximate surface area is 152 Å². The molecule has 1 aromatic carbocycles. The van der Waals surface area contributed by atoms with Gasteiger partial charge in [0.1, 0.15) is 11.4 Å². The van der Waals surface area contributed by atoms with Gasteiger partial charge in [-0.05, 0) is 32.9 Å². The highest BCUT2D eigenvalue weighted by atomic mass is 16.6. The number of hydrogen-bond donors (Lipinski definition) is 1. The normalized spacial score (nSPS) is 15.7. The van der Waals surface area contributed by atoms with Crippen LogP contribution in [0.4, 0.5) is 10.6 Å². The van der Waals surface area contributed by atoms with Crippen LogP contribution in [-0.4, -0.2) is 52.7 Å². The fraction of sp³-hybridized carbons (Fsp3) is 0.400. The largest absolute Gasteiger partial charge is 0.444 e. The summed E-state index contributed by atoms with van der Waals surface area (Å²) in [5.41, 5.74) is 1.62. The summed E-state index contributed by atoms with van der Waals surface area (Å²) in [6.07, 6.45) is 1.72. The van der Waals surface area contributed by atoms with Crippen LogP contribution < -0.4 is 4.90 Å². The zero-order chi connectivity index (χ0) is 18.3. The molecule has 0 atom stereocenters. The SMILES string of the molecule is CC(C)(C)OC(=O)N1CCN(c2nc3ccccc3c3[nH]ccc23)CC1. The molecule has 0 saturated carbocycles. The number of hydrogen-bond acceptors (Lipinski definition) is 4. The van der Waals surface area contributed by atoms with Gasteiger partial charge in [0.05, 0.1) is 11.0 Å². The number of para-hydroxylation sites is 1. The number of aromatic amines is 1. The minimum absolute atomic E-state index is 0.240. The third kappa shape index (κ3) is 3.07. The number of carbonyl (C=O) groups excluding carboxylic acids is 1. The van der Waals surface area contributed by atoms with Crippen molar-refractivity contribution in [1.29, 1.82) is 0 Å². The molecule has 3 heterocycles. The van der Waals surface area contributed by atoms with Crippen molar-refractivity contribution < 1.29 is 9.53 Å². The van der Waals surface area contributed by atoms with Gasteiger partial charge in [-0.2, -0.15) is 0 Å². The van der Waals surface area contributed by atoms with Gasteiger partial charge in [0, 0.05) is 43.1 Å². The first-order valence-corrected chi connectivity index (χ1v) is 9.01. The van der Waals surface area contributed by atoms with Gasteiger partial charge in [-0.15, -0.1) is 0 Å². The fourth-order valence-electron chi connectivity index (χ4n) is 3.40. The van der Waals surface area contributed by atoms with E-state index in [1.165, 1.54) is 0 Å². The van der Waals surface area contributed by atoms with Crippen molar-refractivity contribution in [2.45, 2.75) is 26.4 Å². The number of rotatable bonds is 1. The number of fused-ring (bicyclic) bond motifs is 3. The van der Waals surface area contributed by atoms with Crippen molar-refractivity contribution in [2.24, 2.45) is 0 Å². The summed E-state index contributed by atoms with van der Waals surface area (Å²) in [5, 5.41) is 2.25. The number of nitrogens with zero attached hydrogens (tertiary/aromatic N) is 3. The third-order valence-corrected chi connectivity index (χ3v) is 4.62. The Kier molecular flexibility index (Phi) is 3.98. The summed E-state index contributed by atoms with van der Waals surface area (Å²) in [6, 6.07) is 10.2. The molecule has 1 saturated heterocycles. The molecule has 0 aliphatic carbocycles. The summed E-state index contributed by atoms with van der Waals surface area (Å²) in [4.78, 5) is 24.5. The lowest BCUT2D eigenvalue weighted by Gasteiger charge is -2.36. The second-order valence-electron chi connectivity index (χ2n) is 7.67. The number of ether oxygens (including phenoxy) is 1. The Morgan fingerprint density at radius 1 is 1.08 bits per heavy atom. The van der Waals surface area contributed by atoms with Gasteiger partial charge in [0.2, 0.25) is 0 Å². The predicted molar refractivity (Wildman–Crippen MR) is 104 cm³/mol. The number of amides is 1. The molecule has 6 nitrogen and oxygen atoms in total. The highest BCUT2D eigenvalue weighted by Crippen LogP contribution is 2.31. The molecule has 136 valence electrons. The van der Waals surface area contributed by atoms with Gasteiger partial charge in [-0.25, -0.2) is 9.78 Å². The van der Waals surface area contributed by atoms with Crippen LogP contribution in [0.15, 0.2) is 36.5 Å². The maximum atomic E-state index is 12.3. The van der Waals surface area contributed by atoms with Crippen molar-refractivity contribution in [1.82, 2.24) is 14.9 Å². The van der Waals surface area contributed by atoms with Crippen LogP contribution in [0.2, 0.25) is 0 Å². The molecule has 0 bridgehead atoms. The summed E-state index contributed by atoms with van der Waals surface area (Å²) < 4.78 is 5.48. The van der Waals surface area contributed by atoms with Crippen molar-refractivity contribution in [3.63, 3.8) is 0 Å². The number of anilines is 1. The highest BCUT2D eigenvalue weighted by Gasteiger charge is 2.27. The Morgan fingerprint density at radius 2 is 1.81 bits per heavy atom. The number of pyridine rings is 1. The number of benzene rings is 1. The predicted octanol–water partition coefficient (Wildman–Crippen LogP) is 3.77. The fourth-order valence-corrected chi connectivity index (χ4v) is 3.40. The molecule has 1 amide bonds. The first kappa shape index (κ1) is 16.7. The van der Waals surface area contributed by atoms with Gasteiger partial charge < -0.3 is 19.5 Å². The Bertz CT molecular complexity index is 949. The number of piperazine rings is 1. The highest BCUT2D eigenvalue weighted by molar-refractivity contribution is 6.08. The first-order valence-electron chi connectivity index (χ1n) is 9.01. The van der Waals surface area contributed by atoms with Gasteiger partial charge in [0.15, 0.2) is 0 Å². The summed E-state index contributed by atoms with van der Waals surface area (Å²) in [7, 11) is 0. The molecule has 4 rings (SSSR count). The van der Waals surface area contributed by atoms with Gasteiger partial charge in [-0.1, -0.05) is 18.2 Å². The zero-order valence-electron chi connectivity index (χ0n) is 15.5. The molecular formula is C20H24N4O2. The number of carbonyl (C=O) groups is 1. The smallest absolute Gasteiger partial charge is 0.410 e. The number of H-pyrrole nitrogens is 1. The summed E-state index contributed by atoms with van der Waals surface area (Å²) in [5.74, 6) is 0.976. The van der Waals surface area contributed by atoms with Crippen molar-refractivity contribution in [3.8, 4) is 0 Å². The molecule has 2 aromatic heterocycles. The molecule has 1 N–H and O–H groups in total. The van der Waals surface area contributed by atoms with Gasteiger partial charge >= 0.3 is 6.09 Å². The molecular weight excluding hydrogens is 328 g/mol.